The highest BCUT2D eigenvalue weighted by Crippen LogP contribution is 2.02. The molecule has 1 heterocycles. The predicted molar refractivity (Wildman–Crippen MR) is 53.0 cm³/mol. The Kier molecular flexibility index (Phi) is 5.04. The average molecular weight is 167 g/mol. The molecule has 1 radical (unpaired) electrons. The monoisotopic (exact) mass is 167 g/mol. The summed E-state index contributed by atoms with van der Waals surface area (Å²) in [5, 5.41) is 6.88. The maximum atomic E-state index is 3.66. The zero-order chi connectivity index (χ0) is 8.65. The molecule has 2 heteroatoms. The maximum absolute atomic E-state index is 3.66. The lowest BCUT2D eigenvalue weighted by molar-refractivity contribution is 0.393. The van der Waals surface area contributed by atoms with E-state index in [4.69, 9.17) is 0 Å². The third kappa shape index (κ3) is 3.88. The van der Waals surface area contributed by atoms with Gasteiger partial charge in [0.15, 0.2) is 0 Å². The van der Waals surface area contributed by atoms with Crippen LogP contribution in [0.4, 0.5) is 0 Å². The van der Waals surface area contributed by atoms with Gasteiger partial charge in [0.25, 0.3) is 0 Å². The van der Waals surface area contributed by atoms with Gasteiger partial charge >= 0.3 is 0 Å². The summed E-state index contributed by atoms with van der Waals surface area (Å²) in [6.45, 7) is 7.04. The van der Waals surface area contributed by atoms with Crippen LogP contribution in [0.1, 0.15) is 19.3 Å². The summed E-state index contributed by atoms with van der Waals surface area (Å²) in [7, 11) is 0. The fourth-order valence-corrected chi connectivity index (χ4v) is 1.52. The molecule has 0 spiro atoms. The molecular weight excluding hydrogens is 148 g/mol. The number of unbranched alkanes of at least 4 members (excludes halogenated alkanes) is 1. The Labute approximate surface area is 75.4 Å². The van der Waals surface area contributed by atoms with Gasteiger partial charge in [0.1, 0.15) is 0 Å². The molecule has 1 saturated heterocycles. The number of piperazine rings is 1. The van der Waals surface area contributed by atoms with Crippen LogP contribution >= 0.6 is 0 Å². The van der Waals surface area contributed by atoms with E-state index in [-0.39, 0.29) is 0 Å². The zero-order valence-electron chi connectivity index (χ0n) is 7.68. The Bertz CT molecular complexity index is 126. The van der Waals surface area contributed by atoms with Crippen LogP contribution < -0.4 is 10.6 Å². The lowest BCUT2D eigenvalue weighted by Gasteiger charge is -2.24. The van der Waals surface area contributed by atoms with Crippen molar-refractivity contribution in [1.82, 2.24) is 10.6 Å². The number of rotatable bonds is 4. The first-order valence-electron chi connectivity index (χ1n) is 4.82. The van der Waals surface area contributed by atoms with E-state index < -0.39 is 0 Å². The zero-order valence-corrected chi connectivity index (χ0v) is 7.68. The Balaban J connectivity index is 1.97. The summed E-state index contributed by atoms with van der Waals surface area (Å²) >= 11 is 0. The van der Waals surface area contributed by atoms with Crippen LogP contribution in [0, 0.1) is 6.92 Å². The molecule has 0 amide bonds. The van der Waals surface area contributed by atoms with Crippen molar-refractivity contribution < 1.29 is 0 Å². The van der Waals surface area contributed by atoms with Crippen molar-refractivity contribution in [2.24, 2.45) is 0 Å². The van der Waals surface area contributed by atoms with Gasteiger partial charge in [-0.15, -0.1) is 0 Å². The molecule has 0 aliphatic carbocycles. The van der Waals surface area contributed by atoms with Gasteiger partial charge in [-0.2, -0.15) is 0 Å². The lowest BCUT2D eigenvalue weighted by Crippen LogP contribution is -2.48. The number of nitrogens with one attached hydrogen (secondary N) is 2. The quantitative estimate of drug-likeness (QED) is 0.613. The Morgan fingerprint density at radius 1 is 1.42 bits per heavy atom. The van der Waals surface area contributed by atoms with Crippen LogP contribution in [0.15, 0.2) is 12.2 Å². The molecule has 12 heavy (non-hydrogen) atoms. The minimum absolute atomic E-state index is 0.692. The van der Waals surface area contributed by atoms with Crippen molar-refractivity contribution >= 4 is 0 Å². The van der Waals surface area contributed by atoms with Crippen LogP contribution in [0.25, 0.3) is 0 Å². The fraction of sp³-hybridized carbons (Fsp3) is 0.700. The molecule has 1 fully saturated rings. The van der Waals surface area contributed by atoms with E-state index in [1.165, 1.54) is 19.3 Å². The predicted octanol–water partition coefficient (Wildman–Crippen LogP) is 1.11. The van der Waals surface area contributed by atoms with Crippen molar-refractivity contribution in [2.45, 2.75) is 25.3 Å². The molecule has 1 rings (SSSR count). The van der Waals surface area contributed by atoms with Crippen LogP contribution in [-0.4, -0.2) is 25.7 Å². The van der Waals surface area contributed by atoms with Gasteiger partial charge in [0, 0.05) is 25.7 Å². The highest BCUT2D eigenvalue weighted by molar-refractivity contribution is 4.84. The largest absolute Gasteiger partial charge is 0.314 e. The molecule has 0 aromatic carbocycles. The van der Waals surface area contributed by atoms with E-state index in [9.17, 15) is 0 Å². The summed E-state index contributed by atoms with van der Waals surface area (Å²) in [5.41, 5.74) is 0. The molecule has 1 aliphatic heterocycles. The molecule has 1 unspecified atom stereocenters. The first-order chi connectivity index (χ1) is 5.93. The first kappa shape index (κ1) is 9.75. The second-order valence-electron chi connectivity index (χ2n) is 3.26. The van der Waals surface area contributed by atoms with Gasteiger partial charge in [-0.05, 0) is 26.2 Å². The molecule has 0 bridgehead atoms. The van der Waals surface area contributed by atoms with Crippen molar-refractivity contribution in [1.29, 1.82) is 0 Å². The van der Waals surface area contributed by atoms with Crippen LogP contribution in [0.5, 0.6) is 0 Å². The summed E-state index contributed by atoms with van der Waals surface area (Å²) in [5.74, 6) is 0. The van der Waals surface area contributed by atoms with Gasteiger partial charge in [-0.1, -0.05) is 12.2 Å². The van der Waals surface area contributed by atoms with Crippen molar-refractivity contribution in [2.75, 3.05) is 19.6 Å². The van der Waals surface area contributed by atoms with E-state index in [0.29, 0.717) is 6.04 Å². The molecular formula is C10H19N2. The molecule has 2 nitrogen and oxygen atoms in total. The van der Waals surface area contributed by atoms with Gasteiger partial charge in [0.05, 0.1) is 0 Å². The first-order valence-corrected chi connectivity index (χ1v) is 4.82. The Morgan fingerprint density at radius 3 is 3.00 bits per heavy atom. The second kappa shape index (κ2) is 6.21. The normalized spacial score (nSPS) is 24.9. The van der Waals surface area contributed by atoms with Crippen molar-refractivity contribution in [3.8, 4) is 0 Å². The van der Waals surface area contributed by atoms with E-state index in [0.717, 1.165) is 19.6 Å². The van der Waals surface area contributed by atoms with E-state index in [2.05, 4.69) is 23.6 Å². The minimum atomic E-state index is 0.692. The average Bonchev–Trinajstić information content (AvgIpc) is 2.14. The fourth-order valence-electron chi connectivity index (χ4n) is 1.52. The summed E-state index contributed by atoms with van der Waals surface area (Å²) < 4.78 is 0. The molecule has 0 aromatic rings. The van der Waals surface area contributed by atoms with Crippen LogP contribution in [-0.2, 0) is 0 Å². The maximum Gasteiger partial charge on any atom is 0.0193 e. The SMILES string of the molecule is [CH2]C=CCCCC1CNCCN1. The van der Waals surface area contributed by atoms with Crippen molar-refractivity contribution in [3.63, 3.8) is 0 Å². The van der Waals surface area contributed by atoms with Crippen LogP contribution in [0.2, 0.25) is 0 Å². The smallest absolute Gasteiger partial charge is 0.0193 e. The third-order valence-electron chi connectivity index (χ3n) is 2.22. The molecule has 69 valence electrons. The molecule has 0 saturated carbocycles. The molecule has 2 N–H and O–H groups in total. The molecule has 0 aromatic heterocycles. The highest BCUT2D eigenvalue weighted by atomic mass is 15.0. The molecule has 1 atom stereocenters. The summed E-state index contributed by atoms with van der Waals surface area (Å²) in [6.07, 6.45) is 7.73. The Morgan fingerprint density at radius 2 is 2.33 bits per heavy atom. The Hall–Kier alpha value is -0.340. The van der Waals surface area contributed by atoms with Crippen molar-refractivity contribution in [3.05, 3.63) is 19.1 Å². The van der Waals surface area contributed by atoms with Gasteiger partial charge < -0.3 is 10.6 Å². The van der Waals surface area contributed by atoms with Gasteiger partial charge in [0.2, 0.25) is 0 Å². The third-order valence-corrected chi connectivity index (χ3v) is 2.22. The summed E-state index contributed by atoms with van der Waals surface area (Å²) in [6, 6.07) is 0.692. The summed E-state index contributed by atoms with van der Waals surface area (Å²) in [4.78, 5) is 0. The lowest BCUT2D eigenvalue weighted by atomic mass is 10.1. The number of allylic oxidation sites excluding steroid dienone is 2. The van der Waals surface area contributed by atoms with Gasteiger partial charge in [-0.25, -0.2) is 0 Å². The van der Waals surface area contributed by atoms with Crippen LogP contribution in [0.3, 0.4) is 0 Å². The highest BCUT2D eigenvalue weighted by Gasteiger charge is 2.09. The number of hydrogen-bond acceptors (Lipinski definition) is 2. The van der Waals surface area contributed by atoms with E-state index in [1.54, 1.807) is 0 Å². The minimum Gasteiger partial charge on any atom is -0.314 e. The van der Waals surface area contributed by atoms with E-state index >= 15 is 0 Å². The van der Waals surface area contributed by atoms with Gasteiger partial charge in [-0.3, -0.25) is 0 Å². The van der Waals surface area contributed by atoms with E-state index in [1.807, 2.05) is 6.08 Å². The standard InChI is InChI=1S/C10H19N2/c1-2-3-4-5-6-10-9-11-7-8-12-10/h2-3,10-12H,1,4-9H2. The molecule has 1 aliphatic rings. The number of hydrogen-bond donors (Lipinski definition) is 2. The second-order valence-corrected chi connectivity index (χ2v) is 3.26. The topological polar surface area (TPSA) is 24.1 Å².